The first-order valence-corrected chi connectivity index (χ1v) is 4.37. The third-order valence-corrected chi connectivity index (χ3v) is 2.02. The van der Waals surface area contributed by atoms with Gasteiger partial charge in [-0.05, 0) is 25.3 Å². The molecule has 0 aliphatic heterocycles. The lowest BCUT2D eigenvalue weighted by molar-refractivity contribution is 0.948. The largest absolute Gasteiger partial charge is 0.0813 e. The molecule has 1 aliphatic rings. The Balaban J connectivity index is 2.47. The van der Waals surface area contributed by atoms with Crippen LogP contribution in [-0.4, -0.2) is 0 Å². The van der Waals surface area contributed by atoms with Crippen LogP contribution >= 0.6 is 0 Å². The maximum absolute atomic E-state index is 2.33. The standard InChI is InChI=1S/C11H16/c1-3-4-7-10(2)11-8-5-6-9-11/h5-8H,3-4,9H2,1-2H3/b10-7+. The van der Waals surface area contributed by atoms with Gasteiger partial charge in [-0.25, -0.2) is 0 Å². The Morgan fingerprint density at radius 1 is 1.64 bits per heavy atom. The molecule has 11 heavy (non-hydrogen) atoms. The summed E-state index contributed by atoms with van der Waals surface area (Å²) < 4.78 is 0. The molecule has 0 heterocycles. The maximum atomic E-state index is 2.33. The van der Waals surface area contributed by atoms with E-state index < -0.39 is 0 Å². The monoisotopic (exact) mass is 148 g/mol. The van der Waals surface area contributed by atoms with Gasteiger partial charge in [0.25, 0.3) is 0 Å². The molecule has 1 rings (SSSR count). The number of unbranched alkanes of at least 4 members (excludes halogenated alkanes) is 1. The summed E-state index contributed by atoms with van der Waals surface area (Å²) in [6.07, 6.45) is 12.5. The zero-order chi connectivity index (χ0) is 8.10. The summed E-state index contributed by atoms with van der Waals surface area (Å²) in [5.74, 6) is 0. The number of rotatable bonds is 3. The van der Waals surface area contributed by atoms with Crippen LogP contribution in [0, 0.1) is 0 Å². The molecule has 0 bridgehead atoms. The molecule has 0 unspecified atom stereocenters. The normalized spacial score (nSPS) is 17.3. The number of allylic oxidation sites excluding steroid dienone is 6. The molecule has 0 fully saturated rings. The van der Waals surface area contributed by atoms with Crippen molar-refractivity contribution in [2.24, 2.45) is 0 Å². The minimum Gasteiger partial charge on any atom is -0.0813 e. The van der Waals surface area contributed by atoms with Gasteiger partial charge in [-0.15, -0.1) is 0 Å². The second kappa shape index (κ2) is 4.17. The second-order valence-electron chi connectivity index (χ2n) is 3.00. The fourth-order valence-electron chi connectivity index (χ4n) is 1.23. The molecule has 0 saturated heterocycles. The minimum absolute atomic E-state index is 1.13. The molecule has 0 heteroatoms. The van der Waals surface area contributed by atoms with E-state index in [2.05, 4.69) is 38.2 Å². The van der Waals surface area contributed by atoms with E-state index in [1.54, 1.807) is 0 Å². The quantitative estimate of drug-likeness (QED) is 0.573. The Morgan fingerprint density at radius 3 is 3.00 bits per heavy atom. The highest BCUT2D eigenvalue weighted by Gasteiger charge is 1.99. The van der Waals surface area contributed by atoms with Crippen LogP contribution in [0.3, 0.4) is 0 Å². The predicted molar refractivity (Wildman–Crippen MR) is 50.5 cm³/mol. The molecular formula is C11H16. The molecule has 0 spiro atoms. The SMILES string of the molecule is CCC/C=C(\C)C1=CC=CC1. The van der Waals surface area contributed by atoms with E-state index >= 15 is 0 Å². The highest BCUT2D eigenvalue weighted by atomic mass is 14.0. The van der Waals surface area contributed by atoms with Gasteiger partial charge in [0, 0.05) is 0 Å². The van der Waals surface area contributed by atoms with Gasteiger partial charge in [-0.3, -0.25) is 0 Å². The zero-order valence-electron chi connectivity index (χ0n) is 7.43. The smallest absolute Gasteiger partial charge is 0.00918 e. The molecular weight excluding hydrogens is 132 g/mol. The Morgan fingerprint density at radius 2 is 2.45 bits per heavy atom. The first-order valence-electron chi connectivity index (χ1n) is 4.37. The minimum atomic E-state index is 1.13. The molecule has 1 aliphatic carbocycles. The Labute approximate surface area is 69.3 Å². The van der Waals surface area contributed by atoms with Gasteiger partial charge in [-0.2, -0.15) is 0 Å². The summed E-state index contributed by atoms with van der Waals surface area (Å²) in [7, 11) is 0. The highest BCUT2D eigenvalue weighted by molar-refractivity contribution is 5.37. The molecule has 0 aromatic heterocycles. The van der Waals surface area contributed by atoms with E-state index in [-0.39, 0.29) is 0 Å². The van der Waals surface area contributed by atoms with E-state index in [1.807, 2.05) is 0 Å². The summed E-state index contributed by atoms with van der Waals surface area (Å²) in [6, 6.07) is 0. The third kappa shape index (κ3) is 2.38. The van der Waals surface area contributed by atoms with Crippen LogP contribution in [0.25, 0.3) is 0 Å². The third-order valence-electron chi connectivity index (χ3n) is 2.02. The average molecular weight is 148 g/mol. The average Bonchev–Trinajstić information content (AvgIpc) is 2.52. The van der Waals surface area contributed by atoms with Gasteiger partial charge in [0.1, 0.15) is 0 Å². The van der Waals surface area contributed by atoms with Crippen molar-refractivity contribution in [1.82, 2.24) is 0 Å². The molecule has 0 amide bonds. The summed E-state index contributed by atoms with van der Waals surface area (Å²) in [5, 5.41) is 0. The lowest BCUT2D eigenvalue weighted by Gasteiger charge is -2.00. The van der Waals surface area contributed by atoms with E-state index in [4.69, 9.17) is 0 Å². The molecule has 0 nitrogen and oxygen atoms in total. The Bertz CT molecular complexity index is 204. The Hall–Kier alpha value is -0.780. The summed E-state index contributed by atoms with van der Waals surface area (Å²) >= 11 is 0. The van der Waals surface area contributed by atoms with Crippen LogP contribution in [0.4, 0.5) is 0 Å². The lowest BCUT2D eigenvalue weighted by atomic mass is 10.1. The molecule has 0 saturated carbocycles. The van der Waals surface area contributed by atoms with Crippen LogP contribution in [0.5, 0.6) is 0 Å². The van der Waals surface area contributed by atoms with Crippen molar-refractivity contribution >= 4 is 0 Å². The van der Waals surface area contributed by atoms with Crippen molar-refractivity contribution in [3.63, 3.8) is 0 Å². The molecule has 0 N–H and O–H groups in total. The number of hydrogen-bond acceptors (Lipinski definition) is 0. The second-order valence-corrected chi connectivity index (χ2v) is 3.00. The van der Waals surface area contributed by atoms with Crippen LogP contribution in [0.1, 0.15) is 33.1 Å². The van der Waals surface area contributed by atoms with Crippen molar-refractivity contribution < 1.29 is 0 Å². The zero-order valence-corrected chi connectivity index (χ0v) is 7.43. The van der Waals surface area contributed by atoms with Crippen molar-refractivity contribution in [2.45, 2.75) is 33.1 Å². The molecule has 0 atom stereocenters. The van der Waals surface area contributed by atoms with Gasteiger partial charge < -0.3 is 0 Å². The van der Waals surface area contributed by atoms with Gasteiger partial charge in [-0.1, -0.05) is 43.2 Å². The highest BCUT2D eigenvalue weighted by Crippen LogP contribution is 2.19. The van der Waals surface area contributed by atoms with Gasteiger partial charge in [0.2, 0.25) is 0 Å². The molecule has 0 radical (unpaired) electrons. The summed E-state index contributed by atoms with van der Waals surface area (Å²) in [6.45, 7) is 4.42. The van der Waals surface area contributed by atoms with Crippen molar-refractivity contribution in [2.75, 3.05) is 0 Å². The van der Waals surface area contributed by atoms with Gasteiger partial charge in [0.05, 0.1) is 0 Å². The van der Waals surface area contributed by atoms with Crippen molar-refractivity contribution in [3.8, 4) is 0 Å². The van der Waals surface area contributed by atoms with E-state index in [9.17, 15) is 0 Å². The molecule has 0 aromatic rings. The van der Waals surface area contributed by atoms with Crippen molar-refractivity contribution in [3.05, 3.63) is 35.5 Å². The van der Waals surface area contributed by atoms with Gasteiger partial charge >= 0.3 is 0 Å². The van der Waals surface area contributed by atoms with Crippen LogP contribution in [0.15, 0.2) is 35.5 Å². The predicted octanol–water partition coefficient (Wildman–Crippen LogP) is 3.62. The maximum Gasteiger partial charge on any atom is -0.00918 e. The topological polar surface area (TPSA) is 0 Å². The summed E-state index contributed by atoms with van der Waals surface area (Å²) in [5.41, 5.74) is 2.94. The fourth-order valence-corrected chi connectivity index (χ4v) is 1.23. The first kappa shape index (κ1) is 8.32. The van der Waals surface area contributed by atoms with Crippen LogP contribution in [-0.2, 0) is 0 Å². The lowest BCUT2D eigenvalue weighted by Crippen LogP contribution is -1.80. The van der Waals surface area contributed by atoms with E-state index in [0.29, 0.717) is 0 Å². The Kier molecular flexibility index (Phi) is 3.15. The van der Waals surface area contributed by atoms with E-state index in [0.717, 1.165) is 6.42 Å². The first-order chi connectivity index (χ1) is 5.34. The summed E-state index contributed by atoms with van der Waals surface area (Å²) in [4.78, 5) is 0. The molecule has 0 aromatic carbocycles. The van der Waals surface area contributed by atoms with Crippen LogP contribution in [0.2, 0.25) is 0 Å². The van der Waals surface area contributed by atoms with E-state index in [1.165, 1.54) is 24.0 Å². The van der Waals surface area contributed by atoms with Gasteiger partial charge in [0.15, 0.2) is 0 Å². The van der Waals surface area contributed by atoms with Crippen molar-refractivity contribution in [1.29, 1.82) is 0 Å². The van der Waals surface area contributed by atoms with Crippen LogP contribution < -0.4 is 0 Å². The number of hydrogen-bond donors (Lipinski definition) is 0. The molecule has 60 valence electrons. The fraction of sp³-hybridized carbons (Fsp3) is 0.455.